The molecule has 0 heterocycles. The van der Waals surface area contributed by atoms with Gasteiger partial charge in [0, 0.05) is 5.92 Å². The molecule has 2 aromatic rings. The second-order valence-corrected chi connectivity index (χ2v) is 8.31. The third-order valence-corrected chi connectivity index (χ3v) is 7.08. The molecule has 0 aromatic heterocycles. The van der Waals surface area contributed by atoms with Crippen LogP contribution in [0.25, 0.3) is 0 Å². The topological polar surface area (TPSA) is 0 Å². The normalized spacial score (nSPS) is 13.1. The molecule has 112 valence electrons. The molecule has 0 bridgehead atoms. The first-order valence-electron chi connectivity index (χ1n) is 7.63. The highest BCUT2D eigenvalue weighted by molar-refractivity contribution is 8.17. The van der Waals surface area contributed by atoms with Gasteiger partial charge in [-0.3, -0.25) is 0 Å². The van der Waals surface area contributed by atoms with Gasteiger partial charge in [0.15, 0.2) is 0 Å². The lowest BCUT2D eigenvalue weighted by atomic mass is 9.92. The molecule has 0 aliphatic rings. The van der Waals surface area contributed by atoms with Gasteiger partial charge in [0.2, 0.25) is 0 Å². The molecule has 2 heteroatoms. The summed E-state index contributed by atoms with van der Waals surface area (Å²) in [5.74, 6) is 2.72. The van der Waals surface area contributed by atoms with E-state index in [9.17, 15) is 0 Å². The van der Waals surface area contributed by atoms with Crippen molar-refractivity contribution in [2.75, 3.05) is 11.5 Å². The predicted molar refractivity (Wildman–Crippen MR) is 99.2 cm³/mol. The van der Waals surface area contributed by atoms with Crippen molar-refractivity contribution in [1.29, 1.82) is 0 Å². The lowest BCUT2D eigenvalue weighted by Gasteiger charge is -2.39. The molecule has 0 fully saturated rings. The Morgan fingerprint density at radius 3 is 1.76 bits per heavy atom. The minimum Gasteiger partial charge on any atom is -0.139 e. The van der Waals surface area contributed by atoms with Gasteiger partial charge in [-0.25, -0.2) is 0 Å². The molecule has 0 saturated carbocycles. The summed E-state index contributed by atoms with van der Waals surface area (Å²) in [7, 11) is 0. The first kappa shape index (κ1) is 16.5. The highest BCUT2D eigenvalue weighted by atomic mass is 32.2. The van der Waals surface area contributed by atoms with E-state index in [1.165, 1.54) is 11.1 Å². The molecule has 21 heavy (non-hydrogen) atoms. The quantitative estimate of drug-likeness (QED) is 0.562. The van der Waals surface area contributed by atoms with Crippen LogP contribution in [-0.2, 0) is 4.08 Å². The molecule has 0 N–H and O–H groups in total. The minimum atomic E-state index is 0.0894. The minimum absolute atomic E-state index is 0.0894. The van der Waals surface area contributed by atoms with E-state index in [0.29, 0.717) is 5.92 Å². The van der Waals surface area contributed by atoms with Gasteiger partial charge >= 0.3 is 0 Å². The second kappa shape index (κ2) is 7.95. The lowest BCUT2D eigenvalue weighted by molar-refractivity contribution is 0.693. The zero-order valence-electron chi connectivity index (χ0n) is 13.1. The summed E-state index contributed by atoms with van der Waals surface area (Å²) >= 11 is 4.13. The van der Waals surface area contributed by atoms with E-state index in [4.69, 9.17) is 0 Å². The van der Waals surface area contributed by atoms with Crippen LogP contribution in [0.4, 0.5) is 0 Å². The first-order valence-corrected chi connectivity index (χ1v) is 9.60. The van der Waals surface area contributed by atoms with Crippen LogP contribution in [0, 0.1) is 0 Å². The average molecular weight is 317 g/mol. The molecule has 0 amide bonds. The molecular weight excluding hydrogens is 292 g/mol. The van der Waals surface area contributed by atoms with Crippen molar-refractivity contribution in [1.82, 2.24) is 0 Å². The third-order valence-electron chi connectivity index (χ3n) is 3.76. The van der Waals surface area contributed by atoms with E-state index < -0.39 is 0 Å². The van der Waals surface area contributed by atoms with Crippen molar-refractivity contribution < 1.29 is 0 Å². The van der Waals surface area contributed by atoms with Gasteiger partial charge in [0.1, 0.15) is 0 Å². The average Bonchev–Trinajstić information content (AvgIpc) is 2.55. The highest BCUT2D eigenvalue weighted by Crippen LogP contribution is 2.55. The van der Waals surface area contributed by atoms with Crippen LogP contribution in [0.5, 0.6) is 0 Å². The van der Waals surface area contributed by atoms with Gasteiger partial charge in [0.05, 0.1) is 4.08 Å². The molecule has 0 nitrogen and oxygen atoms in total. The maximum absolute atomic E-state index is 2.37. The van der Waals surface area contributed by atoms with E-state index in [1.807, 2.05) is 0 Å². The Morgan fingerprint density at radius 1 is 0.810 bits per heavy atom. The third kappa shape index (κ3) is 3.67. The van der Waals surface area contributed by atoms with Crippen LogP contribution < -0.4 is 0 Å². The Labute approximate surface area is 137 Å². The lowest BCUT2D eigenvalue weighted by Crippen LogP contribution is -2.26. The molecule has 0 aliphatic carbocycles. The summed E-state index contributed by atoms with van der Waals surface area (Å²) in [6.45, 7) is 6.89. The summed E-state index contributed by atoms with van der Waals surface area (Å²) < 4.78 is 0.0894. The highest BCUT2D eigenvalue weighted by Gasteiger charge is 2.38. The van der Waals surface area contributed by atoms with Gasteiger partial charge in [-0.1, -0.05) is 81.4 Å². The Hall–Kier alpha value is -0.860. The maximum Gasteiger partial charge on any atom is 0.0925 e. The first-order chi connectivity index (χ1) is 10.2. The van der Waals surface area contributed by atoms with Crippen molar-refractivity contribution in [3.05, 3.63) is 71.8 Å². The summed E-state index contributed by atoms with van der Waals surface area (Å²) in [6, 6.07) is 21.9. The fourth-order valence-corrected chi connectivity index (χ4v) is 6.04. The molecule has 0 unspecified atom stereocenters. The van der Waals surface area contributed by atoms with E-state index in [-0.39, 0.29) is 4.08 Å². The zero-order chi connectivity index (χ0) is 15.1. The molecule has 2 rings (SSSR count). The van der Waals surface area contributed by atoms with E-state index in [0.717, 1.165) is 11.5 Å². The molecule has 2 aromatic carbocycles. The second-order valence-electron chi connectivity index (χ2n) is 5.03. The summed E-state index contributed by atoms with van der Waals surface area (Å²) in [4.78, 5) is 0. The van der Waals surface area contributed by atoms with Crippen LogP contribution in [-0.4, -0.2) is 11.5 Å². The van der Waals surface area contributed by atoms with Crippen molar-refractivity contribution in [2.45, 2.75) is 30.8 Å². The standard InChI is InChI=1S/C19H24S2/c1-4-20-19(21-5-2,18-14-10-7-11-15-18)16(3)17-12-8-6-9-13-17/h6-16H,4-5H2,1-3H3/t16-/m1/s1. The van der Waals surface area contributed by atoms with Crippen LogP contribution in [0.2, 0.25) is 0 Å². The largest absolute Gasteiger partial charge is 0.139 e. The number of thioether (sulfide) groups is 2. The van der Waals surface area contributed by atoms with Crippen molar-refractivity contribution >= 4 is 23.5 Å². The fraction of sp³-hybridized carbons (Fsp3) is 0.368. The van der Waals surface area contributed by atoms with E-state index >= 15 is 0 Å². The summed E-state index contributed by atoms with van der Waals surface area (Å²) in [6.07, 6.45) is 0. The Kier molecular flexibility index (Phi) is 6.25. The Bertz CT molecular complexity index is 516. The molecule has 0 aliphatic heterocycles. The van der Waals surface area contributed by atoms with Gasteiger partial charge < -0.3 is 0 Å². The number of benzene rings is 2. The van der Waals surface area contributed by atoms with Crippen LogP contribution in [0.1, 0.15) is 37.8 Å². The van der Waals surface area contributed by atoms with Crippen LogP contribution in [0.3, 0.4) is 0 Å². The molecule has 0 radical (unpaired) electrons. The molecule has 1 atom stereocenters. The van der Waals surface area contributed by atoms with E-state index in [2.05, 4.69) is 105 Å². The Morgan fingerprint density at radius 2 is 1.29 bits per heavy atom. The molecule has 0 spiro atoms. The van der Waals surface area contributed by atoms with Crippen LogP contribution in [0.15, 0.2) is 60.7 Å². The number of hydrogen-bond acceptors (Lipinski definition) is 2. The van der Waals surface area contributed by atoms with Crippen molar-refractivity contribution in [2.24, 2.45) is 0 Å². The number of rotatable bonds is 7. The number of hydrogen-bond donors (Lipinski definition) is 0. The van der Waals surface area contributed by atoms with Crippen molar-refractivity contribution in [3.63, 3.8) is 0 Å². The fourth-order valence-electron chi connectivity index (χ4n) is 2.77. The Balaban J connectivity index is 2.48. The van der Waals surface area contributed by atoms with Gasteiger partial charge in [-0.15, -0.1) is 23.5 Å². The smallest absolute Gasteiger partial charge is 0.0925 e. The molecular formula is C19H24S2. The monoisotopic (exact) mass is 316 g/mol. The zero-order valence-corrected chi connectivity index (χ0v) is 14.7. The SMILES string of the molecule is CCSC(SCC)(c1ccccc1)[C@H](C)c1ccccc1. The van der Waals surface area contributed by atoms with Crippen molar-refractivity contribution in [3.8, 4) is 0 Å². The van der Waals surface area contributed by atoms with Gasteiger partial charge in [-0.05, 0) is 22.6 Å². The van der Waals surface area contributed by atoms with E-state index in [1.54, 1.807) is 0 Å². The van der Waals surface area contributed by atoms with Crippen LogP contribution >= 0.6 is 23.5 Å². The predicted octanol–water partition coefficient (Wildman–Crippen LogP) is 6.15. The summed E-state index contributed by atoms with van der Waals surface area (Å²) in [5.41, 5.74) is 2.85. The van der Waals surface area contributed by atoms with Gasteiger partial charge in [0.25, 0.3) is 0 Å². The molecule has 0 saturated heterocycles. The van der Waals surface area contributed by atoms with Gasteiger partial charge in [-0.2, -0.15) is 0 Å². The maximum atomic E-state index is 2.37. The summed E-state index contributed by atoms with van der Waals surface area (Å²) in [5, 5.41) is 0.